The van der Waals surface area contributed by atoms with Crippen molar-refractivity contribution in [1.29, 1.82) is 0 Å². The van der Waals surface area contributed by atoms with Gasteiger partial charge >= 0.3 is 0 Å². The number of pyridine rings is 1. The Morgan fingerprint density at radius 1 is 1.16 bits per heavy atom. The molecule has 5 heteroatoms. The van der Waals surface area contributed by atoms with E-state index in [0.29, 0.717) is 21.7 Å². The van der Waals surface area contributed by atoms with Gasteiger partial charge in [0, 0.05) is 28.4 Å². The minimum Gasteiger partial charge on any atom is -0.439 e. The molecule has 1 unspecified atom stereocenters. The lowest BCUT2D eigenvalue weighted by molar-refractivity contribution is 0.461. The van der Waals surface area contributed by atoms with Crippen LogP contribution in [0.2, 0.25) is 10.0 Å². The van der Waals surface area contributed by atoms with E-state index in [0.717, 1.165) is 5.56 Å². The molecule has 1 N–H and O–H groups in total. The zero-order valence-corrected chi connectivity index (χ0v) is 12.2. The molecule has 1 heterocycles. The molecule has 1 aromatic heterocycles. The van der Waals surface area contributed by atoms with Crippen molar-refractivity contribution in [3.05, 3.63) is 52.1 Å². The highest BCUT2D eigenvalue weighted by Crippen LogP contribution is 2.28. The lowest BCUT2D eigenvalue weighted by Crippen LogP contribution is -2.12. The van der Waals surface area contributed by atoms with Gasteiger partial charge in [-0.05, 0) is 43.8 Å². The fourth-order valence-corrected chi connectivity index (χ4v) is 2.13. The zero-order chi connectivity index (χ0) is 13.8. The van der Waals surface area contributed by atoms with Crippen LogP contribution in [0.4, 0.5) is 0 Å². The summed E-state index contributed by atoms with van der Waals surface area (Å²) in [4.78, 5) is 4.17. The Balaban J connectivity index is 2.23. The summed E-state index contributed by atoms with van der Waals surface area (Å²) in [6, 6.07) is 9.11. The summed E-state index contributed by atoms with van der Waals surface area (Å²) in [7, 11) is 1.91. The molecule has 0 spiro atoms. The summed E-state index contributed by atoms with van der Waals surface area (Å²) in [5, 5.41) is 4.22. The number of nitrogens with one attached hydrogen (secondary N) is 1. The molecule has 0 fully saturated rings. The largest absolute Gasteiger partial charge is 0.439 e. The zero-order valence-electron chi connectivity index (χ0n) is 10.7. The first-order chi connectivity index (χ1) is 9.08. The molecule has 19 heavy (non-hydrogen) atoms. The van der Waals surface area contributed by atoms with E-state index in [1.165, 1.54) is 0 Å². The van der Waals surface area contributed by atoms with E-state index in [1.807, 2.05) is 19.2 Å². The maximum atomic E-state index is 5.93. The van der Waals surface area contributed by atoms with Crippen LogP contribution in [-0.2, 0) is 0 Å². The first kappa shape index (κ1) is 14.1. The van der Waals surface area contributed by atoms with Crippen molar-refractivity contribution >= 4 is 23.2 Å². The number of hydrogen-bond acceptors (Lipinski definition) is 3. The van der Waals surface area contributed by atoms with E-state index in [1.54, 1.807) is 24.4 Å². The van der Waals surface area contributed by atoms with Crippen molar-refractivity contribution in [2.75, 3.05) is 7.05 Å². The average molecular weight is 297 g/mol. The number of rotatable bonds is 4. The highest BCUT2D eigenvalue weighted by atomic mass is 35.5. The predicted octanol–water partition coefficient (Wildman–Crippen LogP) is 4.46. The topological polar surface area (TPSA) is 34.2 Å². The molecule has 0 aliphatic carbocycles. The molecular formula is C14H14Cl2N2O. The van der Waals surface area contributed by atoms with Crippen LogP contribution in [0.5, 0.6) is 11.6 Å². The highest BCUT2D eigenvalue weighted by molar-refractivity contribution is 6.34. The summed E-state index contributed by atoms with van der Waals surface area (Å²) in [6.45, 7) is 2.06. The maximum absolute atomic E-state index is 5.93. The van der Waals surface area contributed by atoms with Crippen molar-refractivity contribution in [3.8, 4) is 11.6 Å². The van der Waals surface area contributed by atoms with Gasteiger partial charge in [-0.25, -0.2) is 4.98 Å². The molecule has 0 bridgehead atoms. The summed E-state index contributed by atoms with van der Waals surface area (Å²) in [5.74, 6) is 1.08. The summed E-state index contributed by atoms with van der Waals surface area (Å²) in [5.41, 5.74) is 1.10. The Morgan fingerprint density at radius 2 is 1.84 bits per heavy atom. The van der Waals surface area contributed by atoms with E-state index in [4.69, 9.17) is 27.9 Å². The van der Waals surface area contributed by atoms with Crippen molar-refractivity contribution in [2.45, 2.75) is 13.0 Å². The van der Waals surface area contributed by atoms with E-state index in [-0.39, 0.29) is 6.04 Å². The summed E-state index contributed by atoms with van der Waals surface area (Å²) in [6.07, 6.45) is 1.71. The number of ether oxygens (including phenoxy) is 1. The Hall–Kier alpha value is -1.29. The third-order valence-electron chi connectivity index (χ3n) is 2.75. The van der Waals surface area contributed by atoms with Crippen LogP contribution in [0.3, 0.4) is 0 Å². The first-order valence-corrected chi connectivity index (χ1v) is 6.61. The molecule has 3 nitrogen and oxygen atoms in total. The van der Waals surface area contributed by atoms with Crippen molar-refractivity contribution < 1.29 is 4.74 Å². The smallest absolute Gasteiger partial charge is 0.219 e. The van der Waals surface area contributed by atoms with Gasteiger partial charge < -0.3 is 10.1 Å². The second kappa shape index (κ2) is 6.24. The van der Waals surface area contributed by atoms with Gasteiger partial charge in [0.25, 0.3) is 0 Å². The molecule has 0 aliphatic rings. The Kier molecular flexibility index (Phi) is 4.64. The number of nitrogens with zero attached hydrogens (tertiary/aromatic N) is 1. The second-order valence-corrected chi connectivity index (χ2v) is 5.02. The lowest BCUT2D eigenvalue weighted by Gasteiger charge is -2.12. The quantitative estimate of drug-likeness (QED) is 0.904. The number of benzene rings is 1. The predicted molar refractivity (Wildman–Crippen MR) is 78.2 cm³/mol. The monoisotopic (exact) mass is 296 g/mol. The molecule has 1 atom stereocenters. The van der Waals surface area contributed by atoms with Gasteiger partial charge in [0.1, 0.15) is 5.75 Å². The van der Waals surface area contributed by atoms with Crippen LogP contribution in [-0.4, -0.2) is 12.0 Å². The van der Waals surface area contributed by atoms with Gasteiger partial charge in [-0.3, -0.25) is 0 Å². The minimum absolute atomic E-state index is 0.230. The molecule has 2 aromatic rings. The molecule has 0 amide bonds. The average Bonchev–Trinajstić information content (AvgIpc) is 2.37. The Morgan fingerprint density at radius 3 is 2.47 bits per heavy atom. The number of aromatic nitrogens is 1. The van der Waals surface area contributed by atoms with Gasteiger partial charge in [-0.15, -0.1) is 0 Å². The van der Waals surface area contributed by atoms with Crippen molar-refractivity contribution in [3.63, 3.8) is 0 Å². The molecule has 0 saturated heterocycles. The third kappa shape index (κ3) is 3.83. The SMILES string of the molecule is CNC(C)c1ccnc(Oc2cc(Cl)cc(Cl)c2)c1. The second-order valence-electron chi connectivity index (χ2n) is 4.14. The van der Waals surface area contributed by atoms with E-state index in [9.17, 15) is 0 Å². The van der Waals surface area contributed by atoms with Gasteiger partial charge in [0.05, 0.1) is 0 Å². The van der Waals surface area contributed by atoms with Gasteiger partial charge in [0.2, 0.25) is 5.88 Å². The number of halogens is 2. The van der Waals surface area contributed by atoms with Crippen LogP contribution in [0.1, 0.15) is 18.5 Å². The lowest BCUT2D eigenvalue weighted by atomic mass is 10.1. The minimum atomic E-state index is 0.230. The van der Waals surface area contributed by atoms with E-state index in [2.05, 4.69) is 17.2 Å². The Labute approximate surface area is 122 Å². The highest BCUT2D eigenvalue weighted by Gasteiger charge is 2.06. The Bertz CT molecular complexity index is 555. The molecule has 1 aromatic carbocycles. The standard InChI is InChI=1S/C14H14Cl2N2O/c1-9(17-2)10-3-4-18-14(5-10)19-13-7-11(15)6-12(16)8-13/h3-9,17H,1-2H3. The van der Waals surface area contributed by atoms with Crippen molar-refractivity contribution in [1.82, 2.24) is 10.3 Å². The maximum Gasteiger partial charge on any atom is 0.219 e. The van der Waals surface area contributed by atoms with Gasteiger partial charge in [0.15, 0.2) is 0 Å². The van der Waals surface area contributed by atoms with Gasteiger partial charge in [-0.1, -0.05) is 23.2 Å². The van der Waals surface area contributed by atoms with Crippen molar-refractivity contribution in [2.24, 2.45) is 0 Å². The fraction of sp³-hybridized carbons (Fsp3) is 0.214. The molecule has 100 valence electrons. The summed E-state index contributed by atoms with van der Waals surface area (Å²) < 4.78 is 5.67. The fourth-order valence-electron chi connectivity index (χ4n) is 1.62. The first-order valence-electron chi connectivity index (χ1n) is 5.85. The molecular weight excluding hydrogens is 283 g/mol. The third-order valence-corrected chi connectivity index (χ3v) is 3.19. The van der Waals surface area contributed by atoms with E-state index >= 15 is 0 Å². The van der Waals surface area contributed by atoms with Crippen LogP contribution in [0.25, 0.3) is 0 Å². The normalized spacial score (nSPS) is 12.2. The van der Waals surface area contributed by atoms with Crippen LogP contribution in [0, 0.1) is 0 Å². The van der Waals surface area contributed by atoms with Crippen LogP contribution < -0.4 is 10.1 Å². The van der Waals surface area contributed by atoms with E-state index < -0.39 is 0 Å². The molecule has 0 radical (unpaired) electrons. The summed E-state index contributed by atoms with van der Waals surface area (Å²) >= 11 is 11.9. The number of hydrogen-bond donors (Lipinski definition) is 1. The van der Waals surface area contributed by atoms with Gasteiger partial charge in [-0.2, -0.15) is 0 Å². The molecule has 2 rings (SSSR count). The van der Waals surface area contributed by atoms with Crippen LogP contribution in [0.15, 0.2) is 36.5 Å². The van der Waals surface area contributed by atoms with Crippen LogP contribution >= 0.6 is 23.2 Å². The molecule has 0 aliphatic heterocycles. The molecule has 0 saturated carbocycles.